The molecule has 0 radical (unpaired) electrons. The second-order valence-corrected chi connectivity index (χ2v) is 6.08. The summed E-state index contributed by atoms with van der Waals surface area (Å²) in [6.07, 6.45) is 0. The predicted octanol–water partition coefficient (Wildman–Crippen LogP) is 1.08. The number of nitrogens with zero attached hydrogens (tertiary/aromatic N) is 4. The number of fused-ring (bicyclic) bond motifs is 1. The van der Waals surface area contributed by atoms with Gasteiger partial charge < -0.3 is 14.4 Å². The SMILES string of the molecule is COc1cccc2c(C(=O)N(C)C)nn(CCN3CCOCC3)c12. The van der Waals surface area contributed by atoms with E-state index >= 15 is 0 Å². The van der Waals surface area contributed by atoms with Crippen LogP contribution in [0.15, 0.2) is 18.2 Å². The van der Waals surface area contributed by atoms with Crippen molar-refractivity contribution in [3.8, 4) is 5.75 Å². The molecule has 0 aliphatic carbocycles. The lowest BCUT2D eigenvalue weighted by molar-refractivity contribution is 0.0361. The van der Waals surface area contributed by atoms with Gasteiger partial charge in [0.25, 0.3) is 5.91 Å². The maximum atomic E-state index is 12.5. The molecule has 1 aromatic heterocycles. The van der Waals surface area contributed by atoms with E-state index in [1.165, 1.54) is 0 Å². The van der Waals surface area contributed by atoms with Gasteiger partial charge in [-0.05, 0) is 6.07 Å². The fourth-order valence-corrected chi connectivity index (χ4v) is 2.96. The van der Waals surface area contributed by atoms with E-state index in [-0.39, 0.29) is 5.91 Å². The lowest BCUT2D eigenvalue weighted by Crippen LogP contribution is -2.38. The van der Waals surface area contributed by atoms with Gasteiger partial charge in [0.05, 0.1) is 26.9 Å². The molecular formula is C17H24N4O3. The van der Waals surface area contributed by atoms with Gasteiger partial charge in [-0.1, -0.05) is 12.1 Å². The fourth-order valence-electron chi connectivity index (χ4n) is 2.96. The van der Waals surface area contributed by atoms with Crippen molar-refractivity contribution < 1.29 is 14.3 Å². The van der Waals surface area contributed by atoms with Crippen molar-refractivity contribution in [2.75, 3.05) is 54.1 Å². The zero-order valence-electron chi connectivity index (χ0n) is 14.5. The van der Waals surface area contributed by atoms with Gasteiger partial charge >= 0.3 is 0 Å². The van der Waals surface area contributed by atoms with E-state index < -0.39 is 0 Å². The molecule has 24 heavy (non-hydrogen) atoms. The molecule has 1 aromatic carbocycles. The molecule has 1 aliphatic heterocycles. The summed E-state index contributed by atoms with van der Waals surface area (Å²) in [5.74, 6) is 0.637. The van der Waals surface area contributed by atoms with Crippen molar-refractivity contribution in [2.24, 2.45) is 0 Å². The molecule has 1 aliphatic rings. The zero-order valence-corrected chi connectivity index (χ0v) is 14.5. The van der Waals surface area contributed by atoms with Crippen LogP contribution in [0, 0.1) is 0 Å². The molecule has 0 unspecified atom stereocenters. The predicted molar refractivity (Wildman–Crippen MR) is 91.6 cm³/mol. The number of morpholine rings is 1. The summed E-state index contributed by atoms with van der Waals surface area (Å²) in [5, 5.41) is 5.42. The Hall–Kier alpha value is -2.12. The molecule has 0 saturated carbocycles. The van der Waals surface area contributed by atoms with Gasteiger partial charge in [0.1, 0.15) is 11.3 Å². The highest BCUT2D eigenvalue weighted by Crippen LogP contribution is 2.28. The van der Waals surface area contributed by atoms with Crippen LogP contribution >= 0.6 is 0 Å². The quantitative estimate of drug-likeness (QED) is 0.820. The molecule has 1 saturated heterocycles. The topological polar surface area (TPSA) is 59.8 Å². The van der Waals surface area contributed by atoms with Crippen molar-refractivity contribution in [2.45, 2.75) is 6.54 Å². The molecule has 0 N–H and O–H groups in total. The minimum absolute atomic E-state index is 0.0987. The van der Waals surface area contributed by atoms with Crippen LogP contribution in [-0.2, 0) is 11.3 Å². The minimum atomic E-state index is -0.0987. The van der Waals surface area contributed by atoms with Crippen molar-refractivity contribution in [1.82, 2.24) is 19.6 Å². The average molecular weight is 332 g/mol. The van der Waals surface area contributed by atoms with E-state index in [2.05, 4.69) is 10.00 Å². The van der Waals surface area contributed by atoms with Crippen LogP contribution in [0.3, 0.4) is 0 Å². The number of aromatic nitrogens is 2. The van der Waals surface area contributed by atoms with Crippen molar-refractivity contribution in [1.29, 1.82) is 0 Å². The van der Waals surface area contributed by atoms with Gasteiger partial charge in [0.15, 0.2) is 5.69 Å². The highest BCUT2D eigenvalue weighted by Gasteiger charge is 2.21. The Morgan fingerprint density at radius 3 is 2.71 bits per heavy atom. The Balaban J connectivity index is 1.94. The summed E-state index contributed by atoms with van der Waals surface area (Å²) in [7, 11) is 5.11. The van der Waals surface area contributed by atoms with Crippen LogP contribution in [0.25, 0.3) is 10.9 Å². The van der Waals surface area contributed by atoms with Crippen LogP contribution in [0.1, 0.15) is 10.5 Å². The number of amides is 1. The largest absolute Gasteiger partial charge is 0.494 e. The van der Waals surface area contributed by atoms with E-state index in [0.29, 0.717) is 12.2 Å². The van der Waals surface area contributed by atoms with Crippen LogP contribution in [0.5, 0.6) is 5.75 Å². The van der Waals surface area contributed by atoms with Crippen LogP contribution in [0.4, 0.5) is 0 Å². The smallest absolute Gasteiger partial charge is 0.274 e. The number of ether oxygens (including phenoxy) is 2. The Labute approximate surface area is 141 Å². The molecule has 0 bridgehead atoms. The standard InChI is InChI=1S/C17H24N4O3/c1-19(2)17(22)15-13-5-4-6-14(23-3)16(13)21(18-15)8-7-20-9-11-24-12-10-20/h4-6H,7-12H2,1-3H3. The summed E-state index contributed by atoms with van der Waals surface area (Å²) in [6.45, 7) is 4.98. The molecule has 1 amide bonds. The van der Waals surface area contributed by atoms with Gasteiger partial charge in [-0.25, -0.2) is 0 Å². The normalized spacial score (nSPS) is 15.6. The second kappa shape index (κ2) is 7.19. The molecule has 1 fully saturated rings. The molecule has 3 rings (SSSR count). The third-order valence-corrected chi connectivity index (χ3v) is 4.29. The molecule has 7 heteroatoms. The van der Waals surface area contributed by atoms with E-state index in [4.69, 9.17) is 9.47 Å². The first kappa shape index (κ1) is 16.7. The Bertz CT molecular complexity index is 720. The number of hydrogen-bond donors (Lipinski definition) is 0. The van der Waals surface area contributed by atoms with Gasteiger partial charge in [-0.2, -0.15) is 5.10 Å². The van der Waals surface area contributed by atoms with Crippen LogP contribution in [-0.4, -0.2) is 79.5 Å². The molecule has 0 atom stereocenters. The molecule has 130 valence electrons. The first-order valence-electron chi connectivity index (χ1n) is 8.17. The number of rotatable bonds is 5. The zero-order chi connectivity index (χ0) is 17.1. The maximum Gasteiger partial charge on any atom is 0.274 e. The van der Waals surface area contributed by atoms with Gasteiger partial charge in [0, 0.05) is 39.1 Å². The van der Waals surface area contributed by atoms with Crippen LogP contribution < -0.4 is 4.74 Å². The molecular weight excluding hydrogens is 308 g/mol. The summed E-state index contributed by atoms with van der Waals surface area (Å²) >= 11 is 0. The van der Waals surface area contributed by atoms with Crippen molar-refractivity contribution >= 4 is 16.8 Å². The Kier molecular flexibility index (Phi) is 5.01. The molecule has 2 heterocycles. The van der Waals surface area contributed by atoms with Crippen molar-refractivity contribution in [3.05, 3.63) is 23.9 Å². The number of hydrogen-bond acceptors (Lipinski definition) is 5. The first-order chi connectivity index (χ1) is 11.6. The fraction of sp³-hybridized carbons (Fsp3) is 0.529. The number of carbonyl (C=O) groups excluding carboxylic acids is 1. The summed E-state index contributed by atoms with van der Waals surface area (Å²) < 4.78 is 12.8. The number of para-hydroxylation sites is 1. The summed E-state index contributed by atoms with van der Waals surface area (Å²) in [6, 6.07) is 5.72. The summed E-state index contributed by atoms with van der Waals surface area (Å²) in [5.41, 5.74) is 1.34. The second-order valence-electron chi connectivity index (χ2n) is 6.08. The Morgan fingerprint density at radius 1 is 1.29 bits per heavy atom. The van der Waals surface area contributed by atoms with Gasteiger partial charge in [-0.15, -0.1) is 0 Å². The lowest BCUT2D eigenvalue weighted by Gasteiger charge is -2.26. The van der Waals surface area contributed by atoms with E-state index in [9.17, 15) is 4.79 Å². The molecule has 7 nitrogen and oxygen atoms in total. The number of benzene rings is 1. The number of carbonyl (C=O) groups is 1. The summed E-state index contributed by atoms with van der Waals surface area (Å²) in [4.78, 5) is 16.4. The van der Waals surface area contributed by atoms with Gasteiger partial charge in [0.2, 0.25) is 0 Å². The first-order valence-corrected chi connectivity index (χ1v) is 8.17. The highest BCUT2D eigenvalue weighted by molar-refractivity contribution is 6.06. The molecule has 0 spiro atoms. The maximum absolute atomic E-state index is 12.5. The van der Waals surface area contributed by atoms with Crippen LogP contribution in [0.2, 0.25) is 0 Å². The average Bonchev–Trinajstić information content (AvgIpc) is 2.99. The minimum Gasteiger partial charge on any atom is -0.494 e. The van der Waals surface area contributed by atoms with E-state index in [1.54, 1.807) is 26.1 Å². The Morgan fingerprint density at radius 2 is 2.04 bits per heavy atom. The third-order valence-electron chi connectivity index (χ3n) is 4.29. The van der Waals surface area contributed by atoms with Crippen molar-refractivity contribution in [3.63, 3.8) is 0 Å². The monoisotopic (exact) mass is 332 g/mol. The van der Waals surface area contributed by atoms with Gasteiger partial charge in [-0.3, -0.25) is 14.4 Å². The van der Waals surface area contributed by atoms with E-state index in [0.717, 1.165) is 49.5 Å². The molecule has 2 aromatic rings. The lowest BCUT2D eigenvalue weighted by atomic mass is 10.2. The van der Waals surface area contributed by atoms with E-state index in [1.807, 2.05) is 22.9 Å². The number of methoxy groups -OCH3 is 1. The highest BCUT2D eigenvalue weighted by atomic mass is 16.5. The third kappa shape index (κ3) is 3.22.